The van der Waals surface area contributed by atoms with Gasteiger partial charge < -0.3 is 4.98 Å². The Hall–Kier alpha value is -1.50. The van der Waals surface area contributed by atoms with Gasteiger partial charge in [-0.2, -0.15) is 0 Å². The number of fused-ring (bicyclic) bond motifs is 1. The van der Waals surface area contributed by atoms with Gasteiger partial charge in [0, 0.05) is 11.7 Å². The quantitative estimate of drug-likeness (QED) is 0.548. The molecule has 0 saturated heterocycles. The molecule has 1 heteroatoms. The number of para-hydroxylation sites is 1. The molecular weight excluding hydrogens is 134 g/mol. The molecule has 1 N–H and O–H groups in total. The Morgan fingerprint density at radius 2 is 1.73 bits per heavy atom. The molecule has 2 rings (SSSR count). The van der Waals surface area contributed by atoms with Crippen molar-refractivity contribution in [1.82, 2.24) is 4.98 Å². The summed E-state index contributed by atoms with van der Waals surface area (Å²) >= 11 is 0. The minimum Gasteiger partial charge on any atom is -0.361 e. The van der Waals surface area contributed by atoms with Crippen LogP contribution in [0.5, 0.6) is 0 Å². The number of aromatic nitrogens is 1. The van der Waals surface area contributed by atoms with Crippen LogP contribution in [0.2, 0.25) is 0 Å². The lowest BCUT2D eigenvalue weighted by Crippen LogP contribution is -1.61. The second-order valence-electron chi connectivity index (χ2n) is 2.06. The molecule has 1 aromatic carbocycles. The first-order valence-corrected chi connectivity index (χ1v) is 3.49. The molecule has 0 saturated carbocycles. The number of nitrogens with one attached hydrogen (secondary N) is 1. The van der Waals surface area contributed by atoms with E-state index in [1.165, 1.54) is 10.9 Å². The lowest BCUT2D eigenvalue weighted by atomic mass is 10.3. The number of hydrogen-bond donors (Lipinski definition) is 1. The Kier molecular flexibility index (Phi) is 2.50. The van der Waals surface area contributed by atoms with E-state index in [1.54, 1.807) is 0 Å². The fourth-order valence-corrected chi connectivity index (χ4v) is 0.995. The highest BCUT2D eigenvalue weighted by molar-refractivity contribution is 5.78. The molecule has 0 radical (unpaired) electrons. The Morgan fingerprint density at radius 3 is 2.45 bits per heavy atom. The van der Waals surface area contributed by atoms with Gasteiger partial charge in [0.05, 0.1) is 0 Å². The number of aromatic amines is 1. The summed E-state index contributed by atoms with van der Waals surface area (Å²) in [5.41, 5.74) is 1.21. The molecule has 0 aliphatic rings. The molecule has 1 heterocycles. The van der Waals surface area contributed by atoms with E-state index in [9.17, 15) is 0 Å². The maximum absolute atomic E-state index is 3.12. The lowest BCUT2D eigenvalue weighted by molar-refractivity contribution is 1.48. The van der Waals surface area contributed by atoms with Gasteiger partial charge in [-0.3, -0.25) is 0 Å². The first kappa shape index (κ1) is 7.61. The third-order valence-electron chi connectivity index (χ3n) is 1.46. The summed E-state index contributed by atoms with van der Waals surface area (Å²) in [7, 11) is 0. The summed E-state index contributed by atoms with van der Waals surface area (Å²) in [6.07, 6.45) is 1.95. The fourth-order valence-electron chi connectivity index (χ4n) is 0.995. The average Bonchev–Trinajstić information content (AvgIpc) is 2.55. The molecule has 2 aromatic rings. The van der Waals surface area contributed by atoms with E-state index in [0.29, 0.717) is 0 Å². The monoisotopic (exact) mass is 145 g/mol. The van der Waals surface area contributed by atoms with Crippen molar-refractivity contribution in [2.24, 2.45) is 0 Å². The van der Waals surface area contributed by atoms with E-state index in [2.05, 4.69) is 36.3 Å². The number of H-pyrrole nitrogens is 1. The molecule has 56 valence electrons. The van der Waals surface area contributed by atoms with Crippen molar-refractivity contribution < 1.29 is 0 Å². The van der Waals surface area contributed by atoms with E-state index < -0.39 is 0 Å². The van der Waals surface area contributed by atoms with Gasteiger partial charge >= 0.3 is 0 Å². The fraction of sp³-hybridized carbons (Fsp3) is 0. The van der Waals surface area contributed by atoms with Crippen LogP contribution in [-0.4, -0.2) is 4.98 Å². The maximum Gasteiger partial charge on any atom is 0.0453 e. The molecular formula is C10H11N. The van der Waals surface area contributed by atoms with Gasteiger partial charge in [0.2, 0.25) is 0 Å². The van der Waals surface area contributed by atoms with Gasteiger partial charge in [-0.1, -0.05) is 18.2 Å². The Morgan fingerprint density at radius 1 is 1.00 bits per heavy atom. The normalized spacial score (nSPS) is 8.73. The summed E-state index contributed by atoms with van der Waals surface area (Å²) < 4.78 is 0. The smallest absolute Gasteiger partial charge is 0.0453 e. The zero-order valence-corrected chi connectivity index (χ0v) is 6.38. The molecule has 0 atom stereocenters. The highest BCUT2D eigenvalue weighted by Gasteiger charge is 1.86. The van der Waals surface area contributed by atoms with Gasteiger partial charge in [-0.25, -0.2) is 0 Å². The second kappa shape index (κ2) is 3.62. The van der Waals surface area contributed by atoms with Crippen molar-refractivity contribution in [2.45, 2.75) is 0 Å². The van der Waals surface area contributed by atoms with E-state index in [4.69, 9.17) is 0 Å². The van der Waals surface area contributed by atoms with E-state index in [0.717, 1.165) is 0 Å². The summed E-state index contributed by atoms with van der Waals surface area (Å²) in [5, 5.41) is 1.28. The summed E-state index contributed by atoms with van der Waals surface area (Å²) in [5.74, 6) is 0. The van der Waals surface area contributed by atoms with Crippen LogP contribution in [0.4, 0.5) is 0 Å². The van der Waals surface area contributed by atoms with Gasteiger partial charge in [-0.05, 0) is 17.5 Å². The molecule has 0 spiro atoms. The summed E-state index contributed by atoms with van der Waals surface area (Å²) in [6, 6.07) is 10.3. The van der Waals surface area contributed by atoms with Crippen molar-refractivity contribution in [3.8, 4) is 0 Å². The third-order valence-corrected chi connectivity index (χ3v) is 1.46. The maximum atomic E-state index is 3.12. The van der Waals surface area contributed by atoms with Gasteiger partial charge in [0.1, 0.15) is 0 Å². The number of hydrogen-bond acceptors (Lipinski definition) is 0. The number of rotatable bonds is 0. The van der Waals surface area contributed by atoms with Crippen LogP contribution < -0.4 is 0 Å². The molecule has 0 bridgehead atoms. The highest BCUT2D eigenvalue weighted by atomic mass is 14.6. The van der Waals surface area contributed by atoms with Crippen molar-refractivity contribution in [3.05, 3.63) is 49.7 Å². The van der Waals surface area contributed by atoms with Crippen LogP contribution in [0.25, 0.3) is 10.9 Å². The molecule has 1 nitrogen and oxygen atoms in total. The third kappa shape index (κ3) is 1.49. The van der Waals surface area contributed by atoms with Gasteiger partial charge in [0.15, 0.2) is 0 Å². The largest absolute Gasteiger partial charge is 0.361 e. The van der Waals surface area contributed by atoms with Crippen molar-refractivity contribution in [1.29, 1.82) is 0 Å². The number of benzene rings is 1. The molecule has 0 unspecified atom stereocenters. The topological polar surface area (TPSA) is 15.8 Å². The molecule has 0 fully saturated rings. The van der Waals surface area contributed by atoms with Crippen molar-refractivity contribution in [3.63, 3.8) is 0 Å². The van der Waals surface area contributed by atoms with Crippen LogP contribution in [-0.2, 0) is 0 Å². The van der Waals surface area contributed by atoms with E-state index in [-0.39, 0.29) is 0 Å². The van der Waals surface area contributed by atoms with Crippen LogP contribution >= 0.6 is 0 Å². The standard InChI is InChI=1S/C8H7N.C2H4/c1-2-4-8-7(3-1)5-6-9-8;1-2/h1-6,9H;1-2H2. The van der Waals surface area contributed by atoms with Crippen LogP contribution in [0, 0.1) is 0 Å². The minimum atomic E-state index is 1.21. The van der Waals surface area contributed by atoms with Crippen LogP contribution in [0.1, 0.15) is 0 Å². The average molecular weight is 145 g/mol. The predicted octanol–water partition coefficient (Wildman–Crippen LogP) is 2.97. The summed E-state index contributed by atoms with van der Waals surface area (Å²) in [6.45, 7) is 6.00. The first-order valence-electron chi connectivity index (χ1n) is 3.49. The SMILES string of the molecule is C=C.c1ccc2[nH]ccc2c1. The molecule has 0 aliphatic carbocycles. The van der Waals surface area contributed by atoms with Crippen molar-refractivity contribution >= 4 is 10.9 Å². The van der Waals surface area contributed by atoms with E-state index >= 15 is 0 Å². The summed E-state index contributed by atoms with van der Waals surface area (Å²) in [4.78, 5) is 3.12. The molecule has 0 aliphatic heterocycles. The van der Waals surface area contributed by atoms with Crippen LogP contribution in [0.3, 0.4) is 0 Å². The molecule has 1 aromatic heterocycles. The second-order valence-corrected chi connectivity index (χ2v) is 2.06. The zero-order valence-electron chi connectivity index (χ0n) is 6.38. The Labute approximate surface area is 66.4 Å². The lowest BCUT2D eigenvalue weighted by Gasteiger charge is -1.83. The van der Waals surface area contributed by atoms with E-state index in [1.807, 2.05) is 18.3 Å². The molecule has 11 heavy (non-hydrogen) atoms. The van der Waals surface area contributed by atoms with Gasteiger partial charge in [0.25, 0.3) is 0 Å². The van der Waals surface area contributed by atoms with Crippen LogP contribution in [0.15, 0.2) is 49.7 Å². The predicted molar refractivity (Wildman–Crippen MR) is 49.6 cm³/mol. The zero-order chi connectivity index (χ0) is 8.10. The molecule has 0 amide bonds. The minimum absolute atomic E-state index is 1.21. The van der Waals surface area contributed by atoms with Gasteiger partial charge in [-0.15, -0.1) is 13.2 Å². The Bertz CT molecular complexity index is 292. The van der Waals surface area contributed by atoms with Crippen molar-refractivity contribution in [2.75, 3.05) is 0 Å². The Balaban J connectivity index is 0.000000281. The highest BCUT2D eigenvalue weighted by Crippen LogP contribution is 2.09. The first-order chi connectivity index (χ1) is 5.47.